The van der Waals surface area contributed by atoms with Crippen molar-refractivity contribution < 1.29 is 0 Å². The van der Waals surface area contributed by atoms with Crippen LogP contribution in [0.5, 0.6) is 0 Å². The Balaban J connectivity index is 2.37. The Kier molecular flexibility index (Phi) is 3.06. The molecule has 0 saturated heterocycles. The molecule has 2 aromatic heterocycles. The van der Waals surface area contributed by atoms with Crippen LogP contribution >= 0.6 is 0 Å². The first-order chi connectivity index (χ1) is 9.70. The van der Waals surface area contributed by atoms with E-state index in [0.717, 1.165) is 11.3 Å². The summed E-state index contributed by atoms with van der Waals surface area (Å²) in [5, 5.41) is 5.07. The lowest BCUT2D eigenvalue weighted by Gasteiger charge is -2.09. The average Bonchev–Trinajstić information content (AvgIpc) is 2.49. The fraction of sp³-hybridized carbons (Fsp3) is 0.188. The maximum Gasteiger partial charge on any atom is 0.276 e. The van der Waals surface area contributed by atoms with Gasteiger partial charge >= 0.3 is 0 Å². The summed E-state index contributed by atoms with van der Waals surface area (Å²) in [6.45, 7) is 4.50. The number of aromatic nitrogens is 3. The van der Waals surface area contributed by atoms with Crippen LogP contribution in [0.15, 0.2) is 47.4 Å². The summed E-state index contributed by atoms with van der Waals surface area (Å²) in [7, 11) is 0. The fourth-order valence-electron chi connectivity index (χ4n) is 2.24. The third kappa shape index (κ3) is 1.99. The highest BCUT2D eigenvalue weighted by atomic mass is 16.1. The first-order valence-corrected chi connectivity index (χ1v) is 6.63. The second-order valence-corrected chi connectivity index (χ2v) is 4.74. The van der Waals surface area contributed by atoms with E-state index in [0.29, 0.717) is 17.4 Å². The molecule has 0 unspecified atom stereocenters. The Morgan fingerprint density at radius 1 is 1.15 bits per heavy atom. The number of pyridine rings is 1. The van der Waals surface area contributed by atoms with Crippen molar-refractivity contribution in [3.8, 4) is 11.3 Å². The molecule has 100 valence electrons. The maximum atomic E-state index is 12.3. The van der Waals surface area contributed by atoms with Gasteiger partial charge in [-0.25, -0.2) is 4.68 Å². The minimum absolute atomic E-state index is 0.0912. The van der Waals surface area contributed by atoms with Crippen molar-refractivity contribution in [1.29, 1.82) is 0 Å². The van der Waals surface area contributed by atoms with E-state index in [-0.39, 0.29) is 5.56 Å². The van der Waals surface area contributed by atoms with E-state index in [2.05, 4.69) is 10.1 Å². The van der Waals surface area contributed by atoms with Crippen molar-refractivity contribution >= 4 is 10.9 Å². The molecule has 0 fully saturated rings. The number of hydrogen-bond acceptors (Lipinski definition) is 3. The molecule has 3 rings (SSSR count). The van der Waals surface area contributed by atoms with E-state index in [1.807, 2.05) is 38.1 Å². The molecular weight excluding hydrogens is 250 g/mol. The van der Waals surface area contributed by atoms with Crippen LogP contribution in [-0.2, 0) is 6.54 Å². The summed E-state index contributed by atoms with van der Waals surface area (Å²) in [6.07, 6.45) is 1.69. The zero-order valence-electron chi connectivity index (χ0n) is 11.5. The molecule has 4 heteroatoms. The summed E-state index contributed by atoms with van der Waals surface area (Å²) in [5.41, 5.74) is 3.48. The van der Waals surface area contributed by atoms with Gasteiger partial charge in [0.2, 0.25) is 0 Å². The number of benzene rings is 1. The van der Waals surface area contributed by atoms with Crippen LogP contribution in [0.4, 0.5) is 0 Å². The second kappa shape index (κ2) is 4.89. The van der Waals surface area contributed by atoms with Gasteiger partial charge in [0.15, 0.2) is 0 Å². The normalized spacial score (nSPS) is 10.9. The minimum Gasteiger partial charge on any atom is -0.267 e. The number of nitrogens with zero attached hydrogens (tertiary/aromatic N) is 3. The Morgan fingerprint density at radius 3 is 2.60 bits per heavy atom. The summed E-state index contributed by atoms with van der Waals surface area (Å²) in [4.78, 5) is 16.6. The van der Waals surface area contributed by atoms with E-state index >= 15 is 0 Å². The smallest absolute Gasteiger partial charge is 0.267 e. The van der Waals surface area contributed by atoms with Crippen molar-refractivity contribution in [2.75, 3.05) is 0 Å². The van der Waals surface area contributed by atoms with Gasteiger partial charge in [-0.1, -0.05) is 29.8 Å². The van der Waals surface area contributed by atoms with E-state index in [1.54, 1.807) is 18.3 Å². The molecular formula is C16H15N3O. The quantitative estimate of drug-likeness (QED) is 0.716. The van der Waals surface area contributed by atoms with Crippen LogP contribution in [0.25, 0.3) is 22.2 Å². The second-order valence-electron chi connectivity index (χ2n) is 4.74. The molecule has 0 saturated carbocycles. The van der Waals surface area contributed by atoms with Crippen LogP contribution in [0.3, 0.4) is 0 Å². The summed E-state index contributed by atoms with van der Waals surface area (Å²) >= 11 is 0. The van der Waals surface area contributed by atoms with Gasteiger partial charge in [0.25, 0.3) is 5.56 Å². The maximum absolute atomic E-state index is 12.3. The molecule has 4 nitrogen and oxygen atoms in total. The topological polar surface area (TPSA) is 47.8 Å². The summed E-state index contributed by atoms with van der Waals surface area (Å²) in [5.74, 6) is 0. The Hall–Kier alpha value is -2.49. The first kappa shape index (κ1) is 12.5. The Bertz CT molecular complexity index is 819. The zero-order chi connectivity index (χ0) is 14.1. The summed E-state index contributed by atoms with van der Waals surface area (Å²) in [6, 6.07) is 11.7. The lowest BCUT2D eigenvalue weighted by atomic mass is 10.1. The van der Waals surface area contributed by atoms with Crippen LogP contribution in [0, 0.1) is 6.92 Å². The minimum atomic E-state index is -0.0912. The first-order valence-electron chi connectivity index (χ1n) is 6.63. The molecule has 0 amide bonds. The van der Waals surface area contributed by atoms with Crippen LogP contribution in [0.2, 0.25) is 0 Å². The molecule has 0 N–H and O–H groups in total. The van der Waals surface area contributed by atoms with E-state index in [9.17, 15) is 4.79 Å². The Labute approximate surface area is 116 Å². The predicted octanol–water partition coefficient (Wildman–Crippen LogP) is 2.79. The molecule has 0 spiro atoms. The van der Waals surface area contributed by atoms with Gasteiger partial charge in [-0.05, 0) is 26.0 Å². The number of fused-ring (bicyclic) bond motifs is 1. The molecule has 0 atom stereocenters. The van der Waals surface area contributed by atoms with E-state index < -0.39 is 0 Å². The van der Waals surface area contributed by atoms with Crippen LogP contribution in [0.1, 0.15) is 12.5 Å². The van der Waals surface area contributed by atoms with Gasteiger partial charge in [0.05, 0.1) is 5.39 Å². The van der Waals surface area contributed by atoms with Gasteiger partial charge in [0.1, 0.15) is 11.2 Å². The average molecular weight is 265 g/mol. The standard InChI is InChI=1S/C16H15N3O/c1-3-19-16(20)13-5-4-10-17-15(13)14(18-19)12-8-6-11(2)7-9-12/h4-10H,3H2,1-2H3. The molecule has 0 bridgehead atoms. The predicted molar refractivity (Wildman–Crippen MR) is 79.6 cm³/mol. The van der Waals surface area contributed by atoms with Crippen LogP contribution < -0.4 is 5.56 Å². The van der Waals surface area contributed by atoms with E-state index in [1.165, 1.54) is 10.2 Å². The lowest BCUT2D eigenvalue weighted by molar-refractivity contribution is 0.626. The molecule has 0 aliphatic carbocycles. The zero-order valence-corrected chi connectivity index (χ0v) is 11.5. The molecule has 2 heterocycles. The van der Waals surface area contributed by atoms with Gasteiger partial charge in [-0.2, -0.15) is 5.10 Å². The highest BCUT2D eigenvalue weighted by Crippen LogP contribution is 2.23. The SMILES string of the molecule is CCn1nc(-c2ccc(C)cc2)c2ncccc2c1=O. The Morgan fingerprint density at radius 2 is 1.90 bits per heavy atom. The van der Waals surface area contributed by atoms with Crippen LogP contribution in [-0.4, -0.2) is 14.8 Å². The third-order valence-corrected chi connectivity index (χ3v) is 3.34. The van der Waals surface area contributed by atoms with E-state index in [4.69, 9.17) is 0 Å². The van der Waals surface area contributed by atoms with Gasteiger partial charge in [-0.15, -0.1) is 0 Å². The summed E-state index contributed by atoms with van der Waals surface area (Å²) < 4.78 is 1.49. The van der Waals surface area contributed by atoms with Gasteiger partial charge in [0, 0.05) is 18.3 Å². The van der Waals surface area contributed by atoms with Crippen molar-refractivity contribution in [3.63, 3.8) is 0 Å². The van der Waals surface area contributed by atoms with Crippen molar-refractivity contribution in [1.82, 2.24) is 14.8 Å². The third-order valence-electron chi connectivity index (χ3n) is 3.34. The number of rotatable bonds is 2. The molecule has 3 aromatic rings. The number of hydrogen-bond donors (Lipinski definition) is 0. The van der Waals surface area contributed by atoms with Crippen molar-refractivity contribution in [2.45, 2.75) is 20.4 Å². The number of aryl methyl sites for hydroxylation is 2. The fourth-order valence-corrected chi connectivity index (χ4v) is 2.24. The van der Waals surface area contributed by atoms with Gasteiger partial charge in [-0.3, -0.25) is 9.78 Å². The molecule has 0 aliphatic heterocycles. The highest BCUT2D eigenvalue weighted by Gasteiger charge is 2.12. The van der Waals surface area contributed by atoms with Gasteiger partial charge < -0.3 is 0 Å². The molecule has 0 radical (unpaired) electrons. The highest BCUT2D eigenvalue weighted by molar-refractivity contribution is 5.90. The van der Waals surface area contributed by atoms with Crippen molar-refractivity contribution in [2.24, 2.45) is 0 Å². The largest absolute Gasteiger partial charge is 0.276 e. The monoisotopic (exact) mass is 265 g/mol. The lowest BCUT2D eigenvalue weighted by Crippen LogP contribution is -2.23. The van der Waals surface area contributed by atoms with Crippen molar-refractivity contribution in [3.05, 3.63) is 58.5 Å². The molecule has 0 aliphatic rings. The molecule has 1 aromatic carbocycles. The molecule has 20 heavy (non-hydrogen) atoms.